The zero-order valence-corrected chi connectivity index (χ0v) is 10.2. The van der Waals surface area contributed by atoms with Crippen LogP contribution >= 0.6 is 0 Å². The number of rotatable bonds is 4. The third-order valence-electron chi connectivity index (χ3n) is 2.86. The first-order valence-corrected chi connectivity index (χ1v) is 5.95. The van der Waals surface area contributed by atoms with E-state index in [9.17, 15) is 0 Å². The van der Waals surface area contributed by atoms with Gasteiger partial charge >= 0.3 is 0 Å². The van der Waals surface area contributed by atoms with E-state index in [2.05, 4.69) is 53.9 Å². The van der Waals surface area contributed by atoms with E-state index in [1.165, 1.54) is 17.7 Å². The van der Waals surface area contributed by atoms with Crippen molar-refractivity contribution >= 4 is 5.69 Å². The number of anilines is 1. The molecule has 1 aromatic carbocycles. The Morgan fingerprint density at radius 1 is 1.44 bits per heavy atom. The number of hydrogen-bond donors (Lipinski definition) is 2. The van der Waals surface area contributed by atoms with E-state index in [1.807, 2.05) is 0 Å². The summed E-state index contributed by atoms with van der Waals surface area (Å²) in [5.41, 5.74) is 2.61. The molecule has 1 aliphatic rings. The molecule has 1 aliphatic heterocycles. The van der Waals surface area contributed by atoms with Crippen molar-refractivity contribution in [1.29, 1.82) is 0 Å². The van der Waals surface area contributed by atoms with Gasteiger partial charge in [0.25, 0.3) is 0 Å². The molecule has 2 rings (SSSR count). The number of nitrogens with zero attached hydrogens (tertiary/aromatic N) is 1. The standard InChI is InChI=1S/C13H21N3/c1-16(2)10-11-4-3-5-12(8-11)15-13-6-7-14-9-13/h3-5,8,13-15H,6-7,9-10H2,1-2H3. The number of nitrogens with one attached hydrogen (secondary N) is 2. The van der Waals surface area contributed by atoms with E-state index in [0.29, 0.717) is 6.04 Å². The van der Waals surface area contributed by atoms with Gasteiger partial charge in [0.15, 0.2) is 0 Å². The molecule has 1 heterocycles. The Morgan fingerprint density at radius 3 is 3.00 bits per heavy atom. The summed E-state index contributed by atoms with van der Waals surface area (Å²) < 4.78 is 0. The van der Waals surface area contributed by atoms with Crippen LogP contribution in [0.25, 0.3) is 0 Å². The van der Waals surface area contributed by atoms with Gasteiger partial charge in [-0.1, -0.05) is 12.1 Å². The van der Waals surface area contributed by atoms with Crippen LogP contribution < -0.4 is 10.6 Å². The second kappa shape index (κ2) is 5.32. The van der Waals surface area contributed by atoms with Crippen LogP contribution in [0.3, 0.4) is 0 Å². The van der Waals surface area contributed by atoms with E-state index in [1.54, 1.807) is 0 Å². The highest BCUT2D eigenvalue weighted by atomic mass is 15.1. The summed E-state index contributed by atoms with van der Waals surface area (Å²) in [6.07, 6.45) is 1.22. The van der Waals surface area contributed by atoms with Crippen molar-refractivity contribution in [2.24, 2.45) is 0 Å². The smallest absolute Gasteiger partial charge is 0.0398 e. The molecule has 0 spiro atoms. The first-order chi connectivity index (χ1) is 7.74. The fourth-order valence-corrected chi connectivity index (χ4v) is 2.14. The first-order valence-electron chi connectivity index (χ1n) is 5.95. The van der Waals surface area contributed by atoms with Crippen LogP contribution in [-0.4, -0.2) is 38.1 Å². The molecule has 1 fully saturated rings. The van der Waals surface area contributed by atoms with E-state index >= 15 is 0 Å². The number of benzene rings is 1. The van der Waals surface area contributed by atoms with Crippen molar-refractivity contribution in [1.82, 2.24) is 10.2 Å². The minimum absolute atomic E-state index is 0.592. The quantitative estimate of drug-likeness (QED) is 0.804. The van der Waals surface area contributed by atoms with E-state index < -0.39 is 0 Å². The average Bonchev–Trinajstić information content (AvgIpc) is 2.70. The highest BCUT2D eigenvalue weighted by Gasteiger charge is 2.13. The molecule has 88 valence electrons. The Balaban J connectivity index is 1.97. The van der Waals surface area contributed by atoms with Gasteiger partial charge in [-0.15, -0.1) is 0 Å². The third kappa shape index (κ3) is 3.22. The topological polar surface area (TPSA) is 27.3 Å². The fraction of sp³-hybridized carbons (Fsp3) is 0.538. The van der Waals surface area contributed by atoms with Gasteiger partial charge in [0.2, 0.25) is 0 Å². The molecule has 3 nitrogen and oxygen atoms in total. The molecular formula is C13H21N3. The second-order valence-corrected chi connectivity index (χ2v) is 4.77. The molecular weight excluding hydrogens is 198 g/mol. The summed E-state index contributed by atoms with van der Waals surface area (Å²) in [5.74, 6) is 0. The summed E-state index contributed by atoms with van der Waals surface area (Å²) in [4.78, 5) is 2.19. The molecule has 1 unspecified atom stereocenters. The second-order valence-electron chi connectivity index (χ2n) is 4.77. The van der Waals surface area contributed by atoms with Gasteiger partial charge in [0, 0.05) is 24.8 Å². The minimum atomic E-state index is 0.592. The highest BCUT2D eigenvalue weighted by Crippen LogP contribution is 2.14. The maximum atomic E-state index is 3.57. The van der Waals surface area contributed by atoms with Gasteiger partial charge in [-0.05, 0) is 44.8 Å². The van der Waals surface area contributed by atoms with E-state index in [0.717, 1.165) is 19.6 Å². The van der Waals surface area contributed by atoms with Crippen LogP contribution in [0.1, 0.15) is 12.0 Å². The van der Waals surface area contributed by atoms with Gasteiger partial charge < -0.3 is 15.5 Å². The molecule has 0 radical (unpaired) electrons. The molecule has 0 bridgehead atoms. The van der Waals surface area contributed by atoms with Crippen LogP contribution in [-0.2, 0) is 6.54 Å². The van der Waals surface area contributed by atoms with Crippen LogP contribution in [0.4, 0.5) is 5.69 Å². The molecule has 3 heteroatoms. The third-order valence-corrected chi connectivity index (χ3v) is 2.86. The molecule has 1 aromatic rings. The maximum absolute atomic E-state index is 3.57. The molecule has 1 saturated heterocycles. The zero-order valence-electron chi connectivity index (χ0n) is 10.2. The SMILES string of the molecule is CN(C)Cc1cccc(NC2CCNC2)c1. The van der Waals surface area contributed by atoms with Crippen LogP contribution in [0.2, 0.25) is 0 Å². The van der Waals surface area contributed by atoms with Gasteiger partial charge in [-0.25, -0.2) is 0 Å². The molecule has 0 saturated carbocycles. The summed E-state index contributed by atoms with van der Waals surface area (Å²) in [5, 5.41) is 6.94. The average molecular weight is 219 g/mol. The highest BCUT2D eigenvalue weighted by molar-refractivity contribution is 5.46. The van der Waals surface area contributed by atoms with Crippen molar-refractivity contribution in [3.8, 4) is 0 Å². The van der Waals surface area contributed by atoms with Gasteiger partial charge in [0.05, 0.1) is 0 Å². The predicted molar refractivity (Wildman–Crippen MR) is 68.7 cm³/mol. The molecule has 16 heavy (non-hydrogen) atoms. The lowest BCUT2D eigenvalue weighted by Crippen LogP contribution is -2.22. The maximum Gasteiger partial charge on any atom is 0.0398 e. The lowest BCUT2D eigenvalue weighted by Gasteiger charge is -2.15. The van der Waals surface area contributed by atoms with Crippen LogP contribution in [0.5, 0.6) is 0 Å². The zero-order chi connectivity index (χ0) is 11.4. The van der Waals surface area contributed by atoms with Crippen LogP contribution in [0, 0.1) is 0 Å². The summed E-state index contributed by atoms with van der Waals surface area (Å²) in [6.45, 7) is 3.21. The van der Waals surface area contributed by atoms with Gasteiger partial charge in [-0.2, -0.15) is 0 Å². The Labute approximate surface area is 97.8 Å². The Morgan fingerprint density at radius 2 is 2.31 bits per heavy atom. The van der Waals surface area contributed by atoms with Crippen molar-refractivity contribution in [2.75, 3.05) is 32.5 Å². The van der Waals surface area contributed by atoms with Crippen molar-refractivity contribution in [3.63, 3.8) is 0 Å². The Hall–Kier alpha value is -1.06. The van der Waals surface area contributed by atoms with Crippen LogP contribution in [0.15, 0.2) is 24.3 Å². The normalized spacial score (nSPS) is 20.3. The minimum Gasteiger partial charge on any atom is -0.381 e. The predicted octanol–water partition coefficient (Wildman–Crippen LogP) is 1.52. The molecule has 0 aliphatic carbocycles. The first kappa shape index (κ1) is 11.4. The number of hydrogen-bond acceptors (Lipinski definition) is 3. The van der Waals surface area contributed by atoms with Crippen molar-refractivity contribution in [2.45, 2.75) is 19.0 Å². The molecule has 0 amide bonds. The Kier molecular flexibility index (Phi) is 3.80. The Bertz CT molecular complexity index is 330. The van der Waals surface area contributed by atoms with Gasteiger partial charge in [-0.3, -0.25) is 0 Å². The lowest BCUT2D eigenvalue weighted by molar-refractivity contribution is 0.402. The largest absolute Gasteiger partial charge is 0.381 e. The van der Waals surface area contributed by atoms with Crippen molar-refractivity contribution in [3.05, 3.63) is 29.8 Å². The fourth-order valence-electron chi connectivity index (χ4n) is 2.14. The van der Waals surface area contributed by atoms with Gasteiger partial charge in [0.1, 0.15) is 0 Å². The monoisotopic (exact) mass is 219 g/mol. The molecule has 2 N–H and O–H groups in total. The lowest BCUT2D eigenvalue weighted by atomic mass is 10.1. The summed E-state index contributed by atoms with van der Waals surface area (Å²) in [6, 6.07) is 9.30. The molecule has 1 atom stereocenters. The summed E-state index contributed by atoms with van der Waals surface area (Å²) in [7, 11) is 4.20. The van der Waals surface area contributed by atoms with E-state index in [-0.39, 0.29) is 0 Å². The summed E-state index contributed by atoms with van der Waals surface area (Å²) >= 11 is 0. The van der Waals surface area contributed by atoms with Crippen molar-refractivity contribution < 1.29 is 0 Å². The van der Waals surface area contributed by atoms with E-state index in [4.69, 9.17) is 0 Å². The molecule has 0 aromatic heterocycles.